The first-order chi connectivity index (χ1) is 10.1. The lowest BCUT2D eigenvalue weighted by molar-refractivity contribution is -0.270. The zero-order valence-corrected chi connectivity index (χ0v) is 11.6. The molecule has 2 saturated heterocycles. The Balaban J connectivity index is 1.61. The van der Waals surface area contributed by atoms with E-state index in [4.69, 9.17) is 4.74 Å². The van der Waals surface area contributed by atoms with E-state index in [1.807, 2.05) is 30.3 Å². The van der Waals surface area contributed by atoms with Gasteiger partial charge in [0.15, 0.2) is 0 Å². The highest BCUT2D eigenvalue weighted by molar-refractivity contribution is 5.71. The number of fused-ring (bicyclic) bond motifs is 2. The summed E-state index contributed by atoms with van der Waals surface area (Å²) in [7, 11) is 0. The molecule has 6 nitrogen and oxygen atoms in total. The standard InChI is InChI=1S/C15H18N2O4/c18-13(21-10-11-4-2-1-3-5-11)16-15-8-6-12(7-9-15)17(15)14(19)20/h1-5,12H,6-10H2,(H,16,18)(H,19,20)/p-1. The Morgan fingerprint density at radius 2 is 1.95 bits per heavy atom. The number of rotatable bonds is 3. The van der Waals surface area contributed by atoms with Crippen molar-refractivity contribution in [2.75, 3.05) is 0 Å². The number of amides is 2. The quantitative estimate of drug-likeness (QED) is 0.906. The molecule has 3 rings (SSSR count). The van der Waals surface area contributed by atoms with Crippen LogP contribution in [-0.4, -0.2) is 28.8 Å². The third kappa shape index (κ3) is 2.53. The molecule has 0 radical (unpaired) electrons. The summed E-state index contributed by atoms with van der Waals surface area (Å²) in [5.74, 6) is 0. The molecule has 0 aliphatic carbocycles. The summed E-state index contributed by atoms with van der Waals surface area (Å²) in [6, 6.07) is 9.30. The number of ether oxygens (including phenoxy) is 1. The topological polar surface area (TPSA) is 81.7 Å². The van der Waals surface area contributed by atoms with E-state index in [-0.39, 0.29) is 12.6 Å². The molecule has 1 N–H and O–H groups in total. The maximum atomic E-state index is 11.9. The zero-order chi connectivity index (χ0) is 14.9. The molecule has 0 aromatic heterocycles. The number of hydrogen-bond donors (Lipinski definition) is 1. The highest BCUT2D eigenvalue weighted by atomic mass is 16.5. The van der Waals surface area contributed by atoms with Crippen molar-refractivity contribution in [3.8, 4) is 0 Å². The molecule has 0 spiro atoms. The molecule has 0 unspecified atom stereocenters. The normalized spacial score (nSPS) is 26.7. The van der Waals surface area contributed by atoms with Gasteiger partial charge in [-0.15, -0.1) is 0 Å². The third-order valence-corrected chi connectivity index (χ3v) is 4.35. The minimum Gasteiger partial charge on any atom is -0.530 e. The Morgan fingerprint density at radius 3 is 2.57 bits per heavy atom. The number of hydrogen-bond acceptors (Lipinski definition) is 4. The van der Waals surface area contributed by atoms with Gasteiger partial charge in [-0.2, -0.15) is 0 Å². The molecule has 2 heterocycles. The molecule has 2 aliphatic heterocycles. The highest BCUT2D eigenvalue weighted by Crippen LogP contribution is 2.44. The Hall–Kier alpha value is -2.24. The van der Waals surface area contributed by atoms with Crippen molar-refractivity contribution in [3.05, 3.63) is 35.9 Å². The lowest BCUT2D eigenvalue weighted by Crippen LogP contribution is -2.60. The highest BCUT2D eigenvalue weighted by Gasteiger charge is 2.52. The van der Waals surface area contributed by atoms with Crippen LogP contribution in [-0.2, 0) is 11.3 Å². The Kier molecular flexibility index (Phi) is 3.45. The van der Waals surface area contributed by atoms with Gasteiger partial charge in [-0.3, -0.25) is 5.32 Å². The fourth-order valence-corrected chi connectivity index (χ4v) is 3.39. The van der Waals surface area contributed by atoms with Crippen molar-refractivity contribution in [2.24, 2.45) is 0 Å². The van der Waals surface area contributed by atoms with Crippen molar-refractivity contribution >= 4 is 12.2 Å². The second-order valence-corrected chi connectivity index (χ2v) is 5.59. The maximum Gasteiger partial charge on any atom is 0.409 e. The molecule has 2 bridgehead atoms. The largest absolute Gasteiger partial charge is 0.530 e. The van der Waals surface area contributed by atoms with Crippen molar-refractivity contribution < 1.29 is 19.4 Å². The zero-order valence-electron chi connectivity index (χ0n) is 11.6. The predicted molar refractivity (Wildman–Crippen MR) is 72.0 cm³/mol. The fourth-order valence-electron chi connectivity index (χ4n) is 3.39. The first-order valence-corrected chi connectivity index (χ1v) is 7.10. The van der Waals surface area contributed by atoms with Crippen LogP contribution < -0.4 is 10.4 Å². The molecular formula is C15H17N2O4-. The average molecular weight is 289 g/mol. The van der Waals surface area contributed by atoms with Gasteiger partial charge in [0.1, 0.15) is 18.4 Å². The SMILES string of the molecule is O=C(NC12CCC(CC1)N2C(=O)[O-])OCc1ccccc1. The Bertz CT molecular complexity index is 538. The van der Waals surface area contributed by atoms with Crippen molar-refractivity contribution in [1.82, 2.24) is 10.2 Å². The average Bonchev–Trinajstić information content (AvgIpc) is 3.01. The summed E-state index contributed by atoms with van der Waals surface area (Å²) in [5, 5.41) is 14.0. The van der Waals surface area contributed by atoms with Crippen LogP contribution in [0.4, 0.5) is 9.59 Å². The van der Waals surface area contributed by atoms with E-state index in [1.165, 1.54) is 4.90 Å². The molecule has 2 aliphatic rings. The number of nitrogens with zero attached hydrogens (tertiary/aromatic N) is 1. The van der Waals surface area contributed by atoms with Crippen LogP contribution in [0.5, 0.6) is 0 Å². The second kappa shape index (κ2) is 5.27. The Labute approximate surface area is 122 Å². The molecule has 0 saturated carbocycles. The van der Waals surface area contributed by atoms with E-state index >= 15 is 0 Å². The summed E-state index contributed by atoms with van der Waals surface area (Å²) in [6.45, 7) is 0.164. The van der Waals surface area contributed by atoms with Gasteiger partial charge in [-0.1, -0.05) is 30.3 Å². The molecule has 21 heavy (non-hydrogen) atoms. The smallest absolute Gasteiger partial charge is 0.409 e. The lowest BCUT2D eigenvalue weighted by Gasteiger charge is -2.36. The van der Waals surface area contributed by atoms with Crippen molar-refractivity contribution in [2.45, 2.75) is 44.0 Å². The first-order valence-electron chi connectivity index (χ1n) is 7.10. The summed E-state index contributed by atoms with van der Waals surface area (Å²) in [4.78, 5) is 24.5. The third-order valence-electron chi connectivity index (χ3n) is 4.35. The van der Waals surface area contributed by atoms with Crippen LogP contribution in [0.1, 0.15) is 31.2 Å². The fraction of sp³-hybridized carbons (Fsp3) is 0.467. The van der Waals surface area contributed by atoms with Crippen LogP contribution in [0.2, 0.25) is 0 Å². The van der Waals surface area contributed by atoms with E-state index in [2.05, 4.69) is 5.32 Å². The van der Waals surface area contributed by atoms with Crippen LogP contribution in [0, 0.1) is 0 Å². The minimum atomic E-state index is -1.22. The van der Waals surface area contributed by atoms with E-state index in [0.29, 0.717) is 12.8 Å². The maximum absolute atomic E-state index is 11.9. The van der Waals surface area contributed by atoms with Gasteiger partial charge in [0.05, 0.1) is 0 Å². The number of carbonyl (C=O) groups is 2. The minimum absolute atomic E-state index is 0.0376. The van der Waals surface area contributed by atoms with E-state index in [1.54, 1.807) is 0 Å². The lowest BCUT2D eigenvalue weighted by atomic mass is 9.95. The van der Waals surface area contributed by atoms with Gasteiger partial charge in [-0.05, 0) is 31.2 Å². The second-order valence-electron chi connectivity index (χ2n) is 5.59. The molecule has 2 fully saturated rings. The van der Waals surface area contributed by atoms with Crippen LogP contribution in [0.15, 0.2) is 30.3 Å². The molecule has 112 valence electrons. The van der Waals surface area contributed by atoms with E-state index < -0.39 is 17.8 Å². The molecule has 2 amide bonds. The number of carbonyl (C=O) groups excluding carboxylic acids is 2. The predicted octanol–water partition coefficient (Wildman–Crippen LogP) is 1.21. The summed E-state index contributed by atoms with van der Waals surface area (Å²) >= 11 is 0. The number of benzene rings is 1. The van der Waals surface area contributed by atoms with Gasteiger partial charge >= 0.3 is 6.09 Å². The number of carboxylic acid groups (broad SMARTS) is 1. The van der Waals surface area contributed by atoms with Crippen LogP contribution in [0.3, 0.4) is 0 Å². The van der Waals surface area contributed by atoms with Crippen LogP contribution in [0.25, 0.3) is 0 Å². The van der Waals surface area contributed by atoms with Gasteiger partial charge < -0.3 is 19.5 Å². The van der Waals surface area contributed by atoms with E-state index in [0.717, 1.165) is 18.4 Å². The van der Waals surface area contributed by atoms with Crippen LogP contribution >= 0.6 is 0 Å². The monoisotopic (exact) mass is 289 g/mol. The summed E-state index contributed by atoms with van der Waals surface area (Å²) < 4.78 is 5.17. The molecule has 0 atom stereocenters. The number of alkyl carbamates (subject to hydrolysis) is 1. The molecule has 1 aromatic carbocycles. The van der Waals surface area contributed by atoms with Crippen molar-refractivity contribution in [3.63, 3.8) is 0 Å². The number of nitrogens with one attached hydrogen (secondary N) is 1. The summed E-state index contributed by atoms with van der Waals surface area (Å²) in [5.41, 5.74) is 0.0507. The van der Waals surface area contributed by atoms with Gasteiger partial charge in [0.25, 0.3) is 0 Å². The van der Waals surface area contributed by atoms with Gasteiger partial charge in [0, 0.05) is 6.04 Å². The molecular weight excluding hydrogens is 272 g/mol. The van der Waals surface area contributed by atoms with E-state index in [9.17, 15) is 14.7 Å². The molecule has 1 aromatic rings. The first kappa shape index (κ1) is 13.7. The van der Waals surface area contributed by atoms with Gasteiger partial charge in [-0.25, -0.2) is 4.79 Å². The molecule has 6 heteroatoms. The summed E-state index contributed by atoms with van der Waals surface area (Å²) in [6.07, 6.45) is 0.934. The Morgan fingerprint density at radius 1 is 1.29 bits per heavy atom. The van der Waals surface area contributed by atoms with Crippen molar-refractivity contribution in [1.29, 1.82) is 0 Å². The van der Waals surface area contributed by atoms with Gasteiger partial charge in [0.2, 0.25) is 0 Å².